The van der Waals surface area contributed by atoms with Crippen molar-refractivity contribution in [2.75, 3.05) is 41.5 Å². The first-order valence-electron chi connectivity index (χ1n) is 18.7. The van der Waals surface area contributed by atoms with Gasteiger partial charge >= 0.3 is 18.1 Å². The number of nitrogens with one attached hydrogen (secondary N) is 1. The smallest absolute Gasteiger partial charge is 0.497 e. The maximum Gasteiger partial charge on any atom is 0.514 e. The zero-order chi connectivity index (χ0) is 38.8. The highest BCUT2D eigenvalue weighted by Crippen LogP contribution is 2.50. The summed E-state index contributed by atoms with van der Waals surface area (Å²) in [5, 5.41) is 1.21. The lowest BCUT2D eigenvalue weighted by Crippen LogP contribution is -2.52. The highest BCUT2D eigenvalue weighted by atomic mass is 16.7. The van der Waals surface area contributed by atoms with Gasteiger partial charge in [-0.1, -0.05) is 30.4 Å². The number of allylic oxidation sites excluding steroid dienone is 1. The lowest BCUT2D eigenvalue weighted by molar-refractivity contribution is -0.155. The summed E-state index contributed by atoms with van der Waals surface area (Å²) < 4.78 is 39.0. The zero-order valence-corrected chi connectivity index (χ0v) is 32.1. The number of hydrogen-bond acceptors (Lipinski definition) is 11. The Balaban J connectivity index is 1.05. The molecule has 1 N–H and O–H groups in total. The topological polar surface area (TPSA) is 135 Å². The second kappa shape index (κ2) is 16.1. The summed E-state index contributed by atoms with van der Waals surface area (Å²) in [6, 6.07) is 14.9. The van der Waals surface area contributed by atoms with Crippen LogP contribution in [0.4, 0.5) is 4.79 Å². The number of aromatic nitrogens is 1. The van der Waals surface area contributed by atoms with Gasteiger partial charge in [-0.2, -0.15) is 0 Å². The number of benzene rings is 3. The van der Waals surface area contributed by atoms with Gasteiger partial charge in [0.05, 0.1) is 46.0 Å². The molecule has 3 aromatic carbocycles. The van der Waals surface area contributed by atoms with Crippen molar-refractivity contribution < 1.29 is 47.5 Å². The third-order valence-electron chi connectivity index (χ3n) is 11.5. The predicted octanol–water partition coefficient (Wildman–Crippen LogP) is 7.59. The summed E-state index contributed by atoms with van der Waals surface area (Å²) in [4.78, 5) is 46.1. The molecular weight excluding hydrogens is 704 g/mol. The molecule has 2 aliphatic heterocycles. The quantitative estimate of drug-likeness (QED) is 0.0975. The Bertz CT molecular complexity index is 2100. The lowest BCUT2D eigenvalue weighted by atomic mass is 9.65. The van der Waals surface area contributed by atoms with E-state index in [2.05, 4.69) is 16.0 Å². The van der Waals surface area contributed by atoms with Crippen LogP contribution in [0.1, 0.15) is 70.5 Å². The molecule has 0 radical (unpaired) electrons. The monoisotopic (exact) mass is 752 g/mol. The van der Waals surface area contributed by atoms with Crippen LogP contribution in [0, 0.1) is 24.7 Å². The second-order valence-electron chi connectivity index (χ2n) is 14.5. The number of aromatic amines is 1. The van der Waals surface area contributed by atoms with Crippen LogP contribution in [-0.4, -0.2) is 75.6 Å². The van der Waals surface area contributed by atoms with Crippen LogP contribution < -0.4 is 18.9 Å². The number of carbonyl (C=O) groups is 3. The molecule has 12 nitrogen and oxygen atoms in total. The molecule has 4 aromatic rings. The maximum absolute atomic E-state index is 13.7. The van der Waals surface area contributed by atoms with E-state index >= 15 is 0 Å². The van der Waals surface area contributed by atoms with Gasteiger partial charge in [0.15, 0.2) is 11.5 Å². The van der Waals surface area contributed by atoms with Gasteiger partial charge in [0, 0.05) is 35.8 Å². The van der Waals surface area contributed by atoms with Crippen LogP contribution in [0.5, 0.6) is 23.0 Å². The first kappa shape index (κ1) is 37.8. The van der Waals surface area contributed by atoms with Gasteiger partial charge in [-0.15, -0.1) is 0 Å². The second-order valence-corrected chi connectivity index (χ2v) is 14.5. The highest BCUT2D eigenvalue weighted by Gasteiger charge is 2.49. The molecule has 0 spiro atoms. The maximum atomic E-state index is 13.7. The van der Waals surface area contributed by atoms with Crippen LogP contribution in [0.25, 0.3) is 17.0 Å². The van der Waals surface area contributed by atoms with E-state index in [1.807, 2.05) is 56.3 Å². The molecule has 1 aromatic heterocycles. The van der Waals surface area contributed by atoms with Crippen molar-refractivity contribution in [3.8, 4) is 23.0 Å². The van der Waals surface area contributed by atoms with E-state index in [9.17, 15) is 14.4 Å². The van der Waals surface area contributed by atoms with Crippen molar-refractivity contribution in [3.63, 3.8) is 0 Å². The molecule has 3 heterocycles. The first-order chi connectivity index (χ1) is 26.7. The molecule has 1 saturated heterocycles. The summed E-state index contributed by atoms with van der Waals surface area (Å²) in [6.45, 7) is 5.57. The SMILES string of the molecule is C/C=C\c1c(C)cccc1COC(=O)Oc1c(OC)cc(C(=O)OC2CC(C(=O)OC)[C@H]3CC4c5[nH]c6cc(OC)ccc6c5CCN4C[C@H]3C2)cc1OC. The summed E-state index contributed by atoms with van der Waals surface area (Å²) in [7, 11) is 5.87. The minimum atomic E-state index is -0.963. The number of carbonyl (C=O) groups excluding carboxylic acids is 3. The summed E-state index contributed by atoms with van der Waals surface area (Å²) >= 11 is 0. The number of ether oxygens (including phenoxy) is 7. The normalized spacial score (nSPS) is 21.9. The van der Waals surface area contributed by atoms with E-state index in [-0.39, 0.29) is 53.3 Å². The fourth-order valence-corrected chi connectivity index (χ4v) is 8.89. The number of esters is 2. The van der Waals surface area contributed by atoms with E-state index < -0.39 is 24.1 Å². The fourth-order valence-electron chi connectivity index (χ4n) is 8.89. The molecule has 3 unspecified atom stereocenters. The molecule has 5 atom stereocenters. The van der Waals surface area contributed by atoms with Crippen LogP contribution in [-0.2, 0) is 32.0 Å². The number of nitrogens with zero attached hydrogens (tertiary/aromatic N) is 1. The number of rotatable bonds is 10. The van der Waals surface area contributed by atoms with Crippen molar-refractivity contribution in [2.24, 2.45) is 17.8 Å². The summed E-state index contributed by atoms with van der Waals surface area (Å²) in [5.74, 6) is -0.211. The van der Waals surface area contributed by atoms with Gasteiger partial charge in [-0.3, -0.25) is 9.69 Å². The van der Waals surface area contributed by atoms with Crippen LogP contribution >= 0.6 is 0 Å². The van der Waals surface area contributed by atoms with E-state index in [1.165, 1.54) is 50.1 Å². The van der Waals surface area contributed by atoms with Crippen molar-refractivity contribution in [2.45, 2.75) is 58.3 Å². The molecular formula is C43H48N2O10. The molecule has 3 aliphatic rings. The van der Waals surface area contributed by atoms with Crippen LogP contribution in [0.2, 0.25) is 0 Å². The molecule has 0 amide bonds. The van der Waals surface area contributed by atoms with Crippen molar-refractivity contribution >= 4 is 35.1 Å². The standard InChI is InChI=1S/C43H48N2O10/c1-7-9-30-24(2)10-8-11-25(30)23-53-43(48)55-40-37(50-4)17-26(18-38(40)51-5)41(46)54-29-16-27-22-45-15-14-32-31-13-12-28(49-3)20-35(31)44-39(32)36(45)21-33(27)34(19-29)42(47)52-6/h7-13,17-18,20,27,29,33-34,36,44H,14-16,19,21-23H2,1-6H3/b9-7-/t27-,29?,33+,34?,36?/m1/s1. The third-order valence-corrected chi connectivity index (χ3v) is 11.5. The molecule has 12 heteroatoms. The Hall–Kier alpha value is -5.49. The van der Waals surface area contributed by atoms with Gasteiger partial charge in [-0.25, -0.2) is 9.59 Å². The van der Waals surface area contributed by atoms with Crippen LogP contribution in [0.3, 0.4) is 0 Å². The fraction of sp³-hybridized carbons (Fsp3) is 0.419. The Morgan fingerprint density at radius 2 is 1.73 bits per heavy atom. The molecule has 0 bridgehead atoms. The largest absolute Gasteiger partial charge is 0.514 e. The van der Waals surface area contributed by atoms with E-state index in [1.54, 1.807) is 7.11 Å². The Kier molecular flexibility index (Phi) is 11.1. The lowest BCUT2D eigenvalue weighted by Gasteiger charge is -2.51. The van der Waals surface area contributed by atoms with Crippen molar-refractivity contribution in [1.29, 1.82) is 0 Å². The minimum absolute atomic E-state index is 0.0108. The van der Waals surface area contributed by atoms with E-state index in [0.717, 1.165) is 53.9 Å². The number of aryl methyl sites for hydroxylation is 1. The Morgan fingerprint density at radius 1 is 0.945 bits per heavy atom. The van der Waals surface area contributed by atoms with Crippen molar-refractivity contribution in [1.82, 2.24) is 9.88 Å². The van der Waals surface area contributed by atoms with Crippen molar-refractivity contribution in [3.05, 3.63) is 88.1 Å². The summed E-state index contributed by atoms with van der Waals surface area (Å²) in [5.41, 5.74) is 6.57. The number of fused-ring (bicyclic) bond motifs is 6. The van der Waals surface area contributed by atoms with E-state index in [0.29, 0.717) is 12.8 Å². The average molecular weight is 753 g/mol. The summed E-state index contributed by atoms with van der Waals surface area (Å²) in [6.07, 6.45) is 5.07. The Labute approximate surface area is 320 Å². The molecule has 2 fully saturated rings. The molecule has 55 heavy (non-hydrogen) atoms. The number of H-pyrrole nitrogens is 1. The molecule has 290 valence electrons. The first-order valence-corrected chi connectivity index (χ1v) is 18.7. The Morgan fingerprint density at radius 3 is 2.44 bits per heavy atom. The number of piperidine rings is 1. The van der Waals surface area contributed by atoms with Gasteiger partial charge in [-0.05, 0) is 97.9 Å². The predicted molar refractivity (Wildman–Crippen MR) is 205 cm³/mol. The minimum Gasteiger partial charge on any atom is -0.497 e. The molecule has 7 rings (SSSR count). The highest BCUT2D eigenvalue weighted by molar-refractivity contribution is 5.91. The number of methoxy groups -OCH3 is 4. The number of hydrogen-bond donors (Lipinski definition) is 1. The van der Waals surface area contributed by atoms with E-state index in [4.69, 9.17) is 33.2 Å². The van der Waals surface area contributed by atoms with Gasteiger partial charge in [0.2, 0.25) is 5.75 Å². The zero-order valence-electron chi connectivity index (χ0n) is 32.1. The van der Waals surface area contributed by atoms with Gasteiger partial charge in [0.1, 0.15) is 18.5 Å². The average Bonchev–Trinajstić information content (AvgIpc) is 3.58. The molecule has 1 aliphatic carbocycles. The van der Waals surface area contributed by atoms with Gasteiger partial charge < -0.3 is 38.1 Å². The third kappa shape index (κ3) is 7.47. The van der Waals surface area contributed by atoms with Gasteiger partial charge in [0.25, 0.3) is 0 Å². The molecule has 1 saturated carbocycles. The van der Waals surface area contributed by atoms with Crippen LogP contribution in [0.15, 0.2) is 54.6 Å².